The highest BCUT2D eigenvalue weighted by Crippen LogP contribution is 2.59. The second kappa shape index (κ2) is 5.54. The monoisotopic (exact) mass is 297 g/mol. The van der Waals surface area contributed by atoms with Crippen molar-refractivity contribution in [2.45, 2.75) is 37.7 Å². The van der Waals surface area contributed by atoms with Crippen LogP contribution in [0.5, 0.6) is 5.75 Å². The van der Waals surface area contributed by atoms with Crippen LogP contribution in [0.2, 0.25) is 0 Å². The summed E-state index contributed by atoms with van der Waals surface area (Å²) >= 11 is 0. The van der Waals surface area contributed by atoms with Gasteiger partial charge in [-0.1, -0.05) is 12.1 Å². The van der Waals surface area contributed by atoms with Crippen LogP contribution in [0.25, 0.3) is 0 Å². The van der Waals surface area contributed by atoms with Gasteiger partial charge in [-0.15, -0.1) is 0 Å². The smallest absolute Gasteiger partial charge is 0.387 e. The van der Waals surface area contributed by atoms with Crippen LogP contribution in [-0.2, 0) is 10.2 Å². The van der Waals surface area contributed by atoms with Crippen LogP contribution in [0.4, 0.5) is 8.78 Å². The second-order valence-electron chi connectivity index (χ2n) is 6.35. The Kier molecular flexibility index (Phi) is 3.88. The zero-order valence-corrected chi connectivity index (χ0v) is 12.0. The third-order valence-corrected chi connectivity index (χ3v) is 5.06. The molecule has 3 rings (SSSR count). The third kappa shape index (κ3) is 2.77. The van der Waals surface area contributed by atoms with E-state index in [0.717, 1.165) is 44.5 Å². The molecule has 3 nitrogen and oxygen atoms in total. The van der Waals surface area contributed by atoms with Gasteiger partial charge in [-0.3, -0.25) is 0 Å². The minimum Gasteiger partial charge on any atom is -0.435 e. The molecule has 1 saturated carbocycles. The van der Waals surface area contributed by atoms with Gasteiger partial charge in [0.25, 0.3) is 0 Å². The molecule has 0 atom stereocenters. The van der Waals surface area contributed by atoms with Crippen molar-refractivity contribution in [1.29, 1.82) is 0 Å². The van der Waals surface area contributed by atoms with E-state index in [1.807, 2.05) is 12.1 Å². The molecule has 0 radical (unpaired) electrons. The van der Waals surface area contributed by atoms with E-state index in [2.05, 4.69) is 4.74 Å². The summed E-state index contributed by atoms with van der Waals surface area (Å²) in [6.07, 6.45) is 4.33. The maximum Gasteiger partial charge on any atom is 0.387 e. The maximum absolute atomic E-state index is 12.2. The number of hydrogen-bond acceptors (Lipinski definition) is 3. The molecule has 2 fully saturated rings. The molecule has 2 N–H and O–H groups in total. The lowest BCUT2D eigenvalue weighted by Gasteiger charge is -2.58. The Morgan fingerprint density at radius 1 is 1.14 bits per heavy atom. The van der Waals surface area contributed by atoms with E-state index >= 15 is 0 Å². The molecule has 1 aliphatic carbocycles. The number of rotatable bonds is 4. The summed E-state index contributed by atoms with van der Waals surface area (Å²) in [5, 5.41) is 0. The lowest BCUT2D eigenvalue weighted by atomic mass is 9.48. The molecule has 1 saturated heterocycles. The first kappa shape index (κ1) is 14.7. The third-order valence-electron chi connectivity index (χ3n) is 5.06. The molecule has 1 aromatic rings. The van der Waals surface area contributed by atoms with Crippen LogP contribution < -0.4 is 10.5 Å². The van der Waals surface area contributed by atoms with E-state index in [1.54, 1.807) is 12.1 Å². The van der Waals surface area contributed by atoms with E-state index in [0.29, 0.717) is 12.0 Å². The first-order valence-electron chi connectivity index (χ1n) is 7.41. The molecular weight excluding hydrogens is 276 g/mol. The van der Waals surface area contributed by atoms with Gasteiger partial charge in [0.2, 0.25) is 0 Å². The highest BCUT2D eigenvalue weighted by Gasteiger charge is 2.54. The average Bonchev–Trinajstić information content (AvgIpc) is 2.45. The second-order valence-corrected chi connectivity index (χ2v) is 6.35. The largest absolute Gasteiger partial charge is 0.435 e. The minimum atomic E-state index is -2.78. The number of hydrogen-bond donors (Lipinski definition) is 1. The maximum atomic E-state index is 12.2. The van der Waals surface area contributed by atoms with Crippen molar-refractivity contribution in [3.8, 4) is 5.75 Å². The number of benzene rings is 1. The van der Waals surface area contributed by atoms with Gasteiger partial charge in [-0.25, -0.2) is 0 Å². The Bertz CT molecular complexity index is 476. The first-order chi connectivity index (χ1) is 10.1. The summed E-state index contributed by atoms with van der Waals surface area (Å²) in [5.41, 5.74) is 7.51. The molecule has 1 aliphatic heterocycles. The van der Waals surface area contributed by atoms with Crippen molar-refractivity contribution in [3.05, 3.63) is 29.8 Å². The van der Waals surface area contributed by atoms with E-state index in [4.69, 9.17) is 10.5 Å². The average molecular weight is 297 g/mol. The fourth-order valence-corrected chi connectivity index (χ4v) is 4.00. The molecule has 1 heterocycles. The van der Waals surface area contributed by atoms with Gasteiger partial charge < -0.3 is 15.2 Å². The fourth-order valence-electron chi connectivity index (χ4n) is 4.00. The normalized spacial score (nSPS) is 23.0. The number of ether oxygens (including phenoxy) is 2. The number of nitrogens with two attached hydrogens (primary N) is 1. The molecule has 1 spiro atoms. The van der Waals surface area contributed by atoms with Gasteiger partial charge in [0, 0.05) is 25.2 Å². The predicted molar refractivity (Wildman–Crippen MR) is 75.5 cm³/mol. The van der Waals surface area contributed by atoms with Crippen molar-refractivity contribution in [3.63, 3.8) is 0 Å². The van der Waals surface area contributed by atoms with Gasteiger partial charge in [0.05, 0.1) is 0 Å². The Morgan fingerprint density at radius 3 is 2.29 bits per heavy atom. The van der Waals surface area contributed by atoms with Gasteiger partial charge in [-0.2, -0.15) is 8.78 Å². The Hall–Kier alpha value is -1.20. The quantitative estimate of drug-likeness (QED) is 0.929. The molecule has 0 unspecified atom stereocenters. The molecule has 2 aliphatic rings. The van der Waals surface area contributed by atoms with Crippen molar-refractivity contribution < 1.29 is 18.3 Å². The number of halogens is 2. The van der Waals surface area contributed by atoms with Crippen LogP contribution in [0.3, 0.4) is 0 Å². The summed E-state index contributed by atoms with van der Waals surface area (Å²) < 4.78 is 34.2. The summed E-state index contributed by atoms with van der Waals surface area (Å²) in [6, 6.07) is 6.95. The van der Waals surface area contributed by atoms with Crippen LogP contribution in [0.15, 0.2) is 24.3 Å². The standard InChI is InChI=1S/C16H21F2NO2/c17-14(18)21-13-3-1-12(2-4-13)16(11-19)9-15(10-16)5-7-20-8-6-15/h1-4,14H,5-11,19H2. The molecular formula is C16H21F2NO2. The molecule has 116 valence electrons. The Labute approximate surface area is 123 Å². The van der Waals surface area contributed by atoms with E-state index < -0.39 is 6.61 Å². The number of alkyl halides is 2. The van der Waals surface area contributed by atoms with Crippen molar-refractivity contribution in [1.82, 2.24) is 0 Å². The summed E-state index contributed by atoms with van der Waals surface area (Å²) in [6.45, 7) is -0.526. The molecule has 5 heteroatoms. The first-order valence-corrected chi connectivity index (χ1v) is 7.41. The molecule has 0 amide bonds. The van der Waals surface area contributed by atoms with Gasteiger partial charge in [-0.05, 0) is 48.8 Å². The van der Waals surface area contributed by atoms with Crippen molar-refractivity contribution in [2.24, 2.45) is 11.1 Å². The fraction of sp³-hybridized carbons (Fsp3) is 0.625. The summed E-state index contributed by atoms with van der Waals surface area (Å²) in [5.74, 6) is 0.195. The topological polar surface area (TPSA) is 44.5 Å². The van der Waals surface area contributed by atoms with E-state index in [-0.39, 0.29) is 11.2 Å². The van der Waals surface area contributed by atoms with Crippen LogP contribution in [0.1, 0.15) is 31.2 Å². The summed E-state index contributed by atoms with van der Waals surface area (Å²) in [4.78, 5) is 0. The van der Waals surface area contributed by atoms with E-state index in [9.17, 15) is 8.78 Å². The lowest BCUT2D eigenvalue weighted by molar-refractivity contribution is -0.0715. The minimum absolute atomic E-state index is 0.0132. The van der Waals surface area contributed by atoms with Gasteiger partial charge >= 0.3 is 6.61 Å². The Balaban J connectivity index is 1.72. The van der Waals surface area contributed by atoms with E-state index in [1.165, 1.54) is 0 Å². The predicted octanol–water partition coefficient (Wildman–Crippen LogP) is 3.08. The van der Waals surface area contributed by atoms with Crippen LogP contribution in [0, 0.1) is 5.41 Å². The van der Waals surface area contributed by atoms with Crippen LogP contribution >= 0.6 is 0 Å². The molecule has 1 aromatic carbocycles. The highest BCUT2D eigenvalue weighted by atomic mass is 19.3. The summed E-state index contributed by atoms with van der Waals surface area (Å²) in [7, 11) is 0. The van der Waals surface area contributed by atoms with Crippen molar-refractivity contribution >= 4 is 0 Å². The zero-order chi connectivity index (χ0) is 14.9. The van der Waals surface area contributed by atoms with Crippen molar-refractivity contribution in [2.75, 3.05) is 19.8 Å². The molecule has 0 aromatic heterocycles. The molecule has 0 bridgehead atoms. The highest BCUT2D eigenvalue weighted by molar-refractivity contribution is 5.36. The van der Waals surface area contributed by atoms with Gasteiger partial charge in [0.15, 0.2) is 0 Å². The van der Waals surface area contributed by atoms with Crippen LogP contribution in [-0.4, -0.2) is 26.4 Å². The lowest BCUT2D eigenvalue weighted by Crippen LogP contribution is -2.55. The Morgan fingerprint density at radius 2 is 1.76 bits per heavy atom. The zero-order valence-electron chi connectivity index (χ0n) is 12.0. The molecule has 21 heavy (non-hydrogen) atoms. The SMILES string of the molecule is NCC1(c2ccc(OC(F)F)cc2)CC2(CCOCC2)C1. The van der Waals surface area contributed by atoms with Gasteiger partial charge in [0.1, 0.15) is 5.75 Å².